The zero-order valence-electron chi connectivity index (χ0n) is 29.3. The van der Waals surface area contributed by atoms with E-state index in [1.165, 1.54) is 5.56 Å². The first-order valence-electron chi connectivity index (χ1n) is 17.2. The Morgan fingerprint density at radius 3 is 2.08 bits per heavy atom. The normalized spacial score (nSPS) is 18.5. The van der Waals surface area contributed by atoms with Crippen molar-refractivity contribution in [2.75, 3.05) is 25.1 Å². The molecule has 0 atom stereocenters. The Hall–Kier alpha value is -3.88. The summed E-state index contributed by atoms with van der Waals surface area (Å²) in [6, 6.07) is 21.1. The highest BCUT2D eigenvalue weighted by Gasteiger charge is 2.49. The number of rotatable bonds is 10. The molecule has 0 aromatic heterocycles. The Morgan fingerprint density at radius 2 is 1.48 bits per heavy atom. The zero-order chi connectivity index (χ0) is 35.8. The Labute approximate surface area is 308 Å². The van der Waals surface area contributed by atoms with Crippen LogP contribution < -0.4 is 14.8 Å². The number of nitrogens with zero attached hydrogens (tertiary/aromatic N) is 1. The summed E-state index contributed by atoms with van der Waals surface area (Å²) in [5, 5.41) is 3.21. The molecule has 262 valence electrons. The molecular weight excluding hydrogens is 716 g/mol. The van der Waals surface area contributed by atoms with E-state index in [1.807, 2.05) is 37.3 Å². The van der Waals surface area contributed by atoms with Gasteiger partial charge in [-0.15, -0.1) is 0 Å². The van der Waals surface area contributed by atoms with Crippen molar-refractivity contribution in [1.29, 1.82) is 0 Å². The Balaban J connectivity index is 1.42. The van der Waals surface area contributed by atoms with E-state index >= 15 is 0 Å². The largest absolute Gasteiger partial charge is 0.490 e. The number of carbonyl (C=O) groups excluding carboxylic acids is 3. The molecule has 0 saturated carbocycles. The number of ether oxygens (including phenoxy) is 2. The molecule has 0 bridgehead atoms. The number of para-hydroxylation sites is 1. The van der Waals surface area contributed by atoms with Gasteiger partial charge in [-0.05, 0) is 88.3 Å². The van der Waals surface area contributed by atoms with E-state index in [4.69, 9.17) is 21.1 Å². The van der Waals surface area contributed by atoms with Gasteiger partial charge in [0.1, 0.15) is 0 Å². The number of hydrogen-bond acceptors (Lipinski definition) is 6. The number of ketones is 2. The van der Waals surface area contributed by atoms with Gasteiger partial charge >= 0.3 is 0 Å². The third-order valence-corrected chi connectivity index (χ3v) is 10.6. The number of benzene rings is 3. The first-order valence-corrected chi connectivity index (χ1v) is 18.4. The van der Waals surface area contributed by atoms with Gasteiger partial charge in [-0.2, -0.15) is 0 Å². The molecule has 3 aliphatic rings. The molecule has 3 aromatic rings. The van der Waals surface area contributed by atoms with Crippen LogP contribution in [0.2, 0.25) is 5.02 Å². The quantitative estimate of drug-likeness (QED) is 0.222. The molecule has 3 aromatic carbocycles. The number of anilines is 1. The van der Waals surface area contributed by atoms with Crippen LogP contribution in [0, 0.1) is 10.8 Å². The molecule has 0 radical (unpaired) electrons. The van der Waals surface area contributed by atoms with Gasteiger partial charge in [0.25, 0.3) is 5.91 Å². The van der Waals surface area contributed by atoms with Gasteiger partial charge in [0.2, 0.25) is 0 Å². The van der Waals surface area contributed by atoms with Gasteiger partial charge in [0, 0.05) is 47.8 Å². The van der Waals surface area contributed by atoms with Crippen LogP contribution in [0.3, 0.4) is 0 Å². The second-order valence-electron chi connectivity index (χ2n) is 15.0. The predicted molar refractivity (Wildman–Crippen MR) is 201 cm³/mol. The summed E-state index contributed by atoms with van der Waals surface area (Å²) >= 11 is 9.93. The van der Waals surface area contributed by atoms with Crippen molar-refractivity contribution in [2.24, 2.45) is 10.8 Å². The summed E-state index contributed by atoms with van der Waals surface area (Å²) in [5.41, 5.74) is 5.46. The first kappa shape index (κ1) is 35.9. The number of nitrogens with one attached hydrogen (secondary N) is 1. The highest BCUT2D eigenvalue weighted by Crippen LogP contribution is 2.55. The second-order valence-corrected chi connectivity index (χ2v) is 16.3. The van der Waals surface area contributed by atoms with Gasteiger partial charge < -0.3 is 19.7 Å². The molecule has 9 heteroatoms. The fourth-order valence-electron chi connectivity index (χ4n) is 7.58. The molecule has 1 aliphatic heterocycles. The summed E-state index contributed by atoms with van der Waals surface area (Å²) in [4.78, 5) is 43.8. The molecule has 0 spiro atoms. The molecule has 6 rings (SSSR count). The highest BCUT2D eigenvalue weighted by molar-refractivity contribution is 9.10. The summed E-state index contributed by atoms with van der Waals surface area (Å²) < 4.78 is 12.7. The lowest BCUT2D eigenvalue weighted by molar-refractivity contribution is -0.120. The van der Waals surface area contributed by atoms with Gasteiger partial charge in [-0.1, -0.05) is 81.8 Å². The topological polar surface area (TPSA) is 84.9 Å². The summed E-state index contributed by atoms with van der Waals surface area (Å²) in [6.45, 7) is 11.2. The average molecular weight is 760 g/mol. The third-order valence-electron chi connectivity index (χ3n) is 9.65. The van der Waals surface area contributed by atoms with Crippen LogP contribution in [0.15, 0.2) is 93.7 Å². The SMILES string of the molecule is CCOc1cc(C2C3=C(CC(C)(C)CC3=O)N(CCc3ccccc3)C3=C2C(=O)CC(C)(C)C3)cc(Br)c1OCC(=O)Nc1ccccc1Cl. The van der Waals surface area contributed by atoms with E-state index in [0.717, 1.165) is 36.2 Å². The van der Waals surface area contributed by atoms with Crippen molar-refractivity contribution in [1.82, 2.24) is 4.90 Å². The van der Waals surface area contributed by atoms with Crippen molar-refractivity contribution >= 4 is 50.7 Å². The number of hydrogen-bond donors (Lipinski definition) is 1. The lowest BCUT2D eigenvalue weighted by Gasteiger charge is -2.49. The standard InChI is InChI=1S/C41H44BrClN2O5/c1-6-49-34-19-26(18-27(42)39(34)50-24-35(48)44-29-15-11-10-14-28(29)43)36-37-30(20-40(2,3)22-32(37)46)45(17-16-25-12-8-7-9-13-25)31-21-41(4,5)23-33(47)38(31)36/h7-15,18-19,36H,6,16-17,20-24H2,1-5H3,(H,44,48). The molecule has 0 fully saturated rings. The van der Waals surface area contributed by atoms with Crippen LogP contribution in [0.25, 0.3) is 0 Å². The van der Waals surface area contributed by atoms with Gasteiger partial charge in [-0.3, -0.25) is 14.4 Å². The van der Waals surface area contributed by atoms with Crippen molar-refractivity contribution in [2.45, 2.75) is 72.6 Å². The molecule has 0 saturated heterocycles. The molecule has 7 nitrogen and oxygen atoms in total. The second kappa shape index (κ2) is 14.4. The lowest BCUT2D eigenvalue weighted by Crippen LogP contribution is -2.45. The molecule has 1 amide bonds. The van der Waals surface area contributed by atoms with E-state index in [1.54, 1.807) is 24.3 Å². The zero-order valence-corrected chi connectivity index (χ0v) is 31.7. The van der Waals surface area contributed by atoms with Crippen LogP contribution in [0.4, 0.5) is 5.69 Å². The number of amides is 1. The predicted octanol–water partition coefficient (Wildman–Crippen LogP) is 9.45. The number of carbonyl (C=O) groups is 3. The van der Waals surface area contributed by atoms with Gasteiger partial charge in [0.15, 0.2) is 29.7 Å². The van der Waals surface area contributed by atoms with Crippen molar-refractivity contribution < 1.29 is 23.9 Å². The summed E-state index contributed by atoms with van der Waals surface area (Å²) in [7, 11) is 0. The van der Waals surface area contributed by atoms with E-state index in [0.29, 0.717) is 63.8 Å². The van der Waals surface area contributed by atoms with Crippen LogP contribution in [0.5, 0.6) is 11.5 Å². The smallest absolute Gasteiger partial charge is 0.262 e. The first-order chi connectivity index (χ1) is 23.8. The van der Waals surface area contributed by atoms with Gasteiger partial charge in [-0.25, -0.2) is 0 Å². The Morgan fingerprint density at radius 1 is 0.880 bits per heavy atom. The van der Waals surface area contributed by atoms with Crippen molar-refractivity contribution in [3.8, 4) is 11.5 Å². The van der Waals surface area contributed by atoms with E-state index in [2.05, 4.69) is 66.0 Å². The number of allylic oxidation sites excluding steroid dienone is 4. The fraction of sp³-hybridized carbons (Fsp3) is 0.390. The minimum Gasteiger partial charge on any atom is -0.490 e. The maximum absolute atomic E-state index is 14.3. The highest BCUT2D eigenvalue weighted by atomic mass is 79.9. The van der Waals surface area contributed by atoms with Crippen LogP contribution >= 0.6 is 27.5 Å². The minimum absolute atomic E-state index is 0.0702. The minimum atomic E-state index is -0.548. The molecular formula is C41H44BrClN2O5. The average Bonchev–Trinajstić information content (AvgIpc) is 3.03. The Kier molecular flexibility index (Phi) is 10.3. The van der Waals surface area contributed by atoms with Crippen molar-refractivity contribution in [3.63, 3.8) is 0 Å². The van der Waals surface area contributed by atoms with Gasteiger partial charge in [0.05, 0.1) is 21.8 Å². The molecule has 50 heavy (non-hydrogen) atoms. The summed E-state index contributed by atoms with van der Waals surface area (Å²) in [5.74, 6) is -0.00380. The maximum Gasteiger partial charge on any atom is 0.262 e. The number of Topliss-reactive ketones (excluding diaryl/α,β-unsaturated/α-hetero) is 2. The molecule has 2 aliphatic carbocycles. The van der Waals surface area contributed by atoms with Crippen LogP contribution in [-0.2, 0) is 20.8 Å². The van der Waals surface area contributed by atoms with Crippen molar-refractivity contribution in [3.05, 3.63) is 110 Å². The lowest BCUT2D eigenvalue weighted by atomic mass is 9.63. The van der Waals surface area contributed by atoms with E-state index in [9.17, 15) is 14.4 Å². The maximum atomic E-state index is 14.3. The Bertz CT molecular complexity index is 1840. The molecule has 1 heterocycles. The van der Waals surface area contributed by atoms with E-state index in [-0.39, 0.29) is 34.9 Å². The fourth-order valence-corrected chi connectivity index (χ4v) is 8.34. The molecule has 1 N–H and O–H groups in total. The monoisotopic (exact) mass is 758 g/mol. The number of halogens is 2. The third kappa shape index (κ3) is 7.57. The molecule has 0 unspecified atom stereocenters. The summed E-state index contributed by atoms with van der Waals surface area (Å²) in [6.07, 6.45) is 3.05. The van der Waals surface area contributed by atoms with Crippen LogP contribution in [-0.4, -0.2) is 42.1 Å². The van der Waals surface area contributed by atoms with Crippen LogP contribution in [0.1, 0.15) is 77.3 Å². The van der Waals surface area contributed by atoms with E-state index < -0.39 is 5.92 Å².